The third-order valence-corrected chi connectivity index (χ3v) is 4.64. The van der Waals surface area contributed by atoms with E-state index in [9.17, 15) is 0 Å². The molecule has 0 fully saturated rings. The lowest BCUT2D eigenvalue weighted by molar-refractivity contribution is -0.0969. The second-order valence-electron chi connectivity index (χ2n) is 8.08. The predicted molar refractivity (Wildman–Crippen MR) is 145 cm³/mol. The molecule has 0 aromatic carbocycles. The lowest BCUT2D eigenvalue weighted by atomic mass is 10.4. The standard InChI is InChI=1S/C26H54O15/c27-1-2-30-3-4-31-5-6-32-7-8-33-9-10-34-11-12-35-13-14-36-15-16-37-17-18-38-19-20-39-21-22-40-25-41-24-26(29)23-28/h26-29H,1-25H2. The Labute approximate surface area is 244 Å². The van der Waals surface area contributed by atoms with Crippen molar-refractivity contribution < 1.29 is 72.2 Å². The molecule has 0 aliphatic carbocycles. The van der Waals surface area contributed by atoms with E-state index in [1.165, 1.54) is 0 Å². The smallest absolute Gasteiger partial charge is 0.146 e. The van der Waals surface area contributed by atoms with Crippen molar-refractivity contribution in [1.82, 2.24) is 0 Å². The van der Waals surface area contributed by atoms with Crippen LogP contribution in [0.5, 0.6) is 0 Å². The summed E-state index contributed by atoms with van der Waals surface area (Å²) >= 11 is 0. The topological polar surface area (TPSA) is 171 Å². The highest BCUT2D eigenvalue weighted by atomic mass is 16.7. The van der Waals surface area contributed by atoms with Crippen molar-refractivity contribution >= 4 is 0 Å². The Morgan fingerprint density at radius 2 is 0.561 bits per heavy atom. The summed E-state index contributed by atoms with van der Waals surface area (Å²) in [5.41, 5.74) is 0. The van der Waals surface area contributed by atoms with Crippen molar-refractivity contribution in [2.24, 2.45) is 0 Å². The van der Waals surface area contributed by atoms with Gasteiger partial charge in [0, 0.05) is 0 Å². The van der Waals surface area contributed by atoms with Crippen LogP contribution >= 0.6 is 0 Å². The van der Waals surface area contributed by atoms with Gasteiger partial charge < -0.3 is 72.2 Å². The quantitative estimate of drug-likeness (QED) is 0.0550. The van der Waals surface area contributed by atoms with Crippen molar-refractivity contribution in [2.75, 3.05) is 165 Å². The summed E-state index contributed by atoms with van der Waals surface area (Å²) in [6.45, 7) is 9.61. The maximum Gasteiger partial charge on any atom is 0.146 e. The Hall–Kier alpha value is -0.600. The molecule has 0 saturated carbocycles. The molecule has 0 rings (SSSR count). The van der Waals surface area contributed by atoms with E-state index < -0.39 is 6.10 Å². The Bertz CT molecular complexity index is 465. The van der Waals surface area contributed by atoms with Crippen LogP contribution in [0.4, 0.5) is 0 Å². The van der Waals surface area contributed by atoms with Crippen molar-refractivity contribution in [3.05, 3.63) is 0 Å². The van der Waals surface area contributed by atoms with Gasteiger partial charge in [-0.05, 0) is 0 Å². The number of ether oxygens (including phenoxy) is 12. The molecule has 0 amide bonds. The molecule has 1 unspecified atom stereocenters. The first-order chi connectivity index (χ1) is 20.3. The zero-order chi connectivity index (χ0) is 29.7. The zero-order valence-electron chi connectivity index (χ0n) is 24.5. The van der Waals surface area contributed by atoms with Gasteiger partial charge in [-0.25, -0.2) is 0 Å². The first-order valence-electron chi connectivity index (χ1n) is 14.1. The van der Waals surface area contributed by atoms with E-state index in [4.69, 9.17) is 72.2 Å². The summed E-state index contributed by atoms with van der Waals surface area (Å²) < 4.78 is 63.8. The summed E-state index contributed by atoms with van der Waals surface area (Å²) in [6.07, 6.45) is -0.885. The van der Waals surface area contributed by atoms with Crippen LogP contribution in [-0.2, 0) is 56.8 Å². The Morgan fingerprint density at radius 1 is 0.317 bits per heavy atom. The van der Waals surface area contributed by atoms with E-state index >= 15 is 0 Å². The van der Waals surface area contributed by atoms with Gasteiger partial charge in [-0.15, -0.1) is 0 Å². The Morgan fingerprint density at radius 3 is 0.805 bits per heavy atom. The summed E-state index contributed by atoms with van der Waals surface area (Å²) in [7, 11) is 0. The SMILES string of the molecule is OCCOCCOCCOCCOCCOCCOCCOCCOCCOCCOCCOCOCC(O)CO. The Balaban J connectivity index is 3.03. The minimum atomic E-state index is -0.885. The number of rotatable bonds is 37. The van der Waals surface area contributed by atoms with Gasteiger partial charge in [-0.2, -0.15) is 0 Å². The molecule has 0 aromatic heterocycles. The van der Waals surface area contributed by atoms with Gasteiger partial charge in [0.15, 0.2) is 0 Å². The highest BCUT2D eigenvalue weighted by molar-refractivity contribution is 4.47. The monoisotopic (exact) mass is 606 g/mol. The fourth-order valence-corrected chi connectivity index (χ4v) is 2.62. The van der Waals surface area contributed by atoms with Gasteiger partial charge >= 0.3 is 0 Å². The molecular weight excluding hydrogens is 552 g/mol. The molecule has 248 valence electrons. The summed E-state index contributed by atoms with van der Waals surface area (Å²) in [4.78, 5) is 0. The highest BCUT2D eigenvalue weighted by Crippen LogP contribution is 1.88. The molecule has 0 aliphatic rings. The molecule has 15 heteroatoms. The van der Waals surface area contributed by atoms with Gasteiger partial charge in [0.05, 0.1) is 159 Å². The fraction of sp³-hybridized carbons (Fsp3) is 1.00. The first kappa shape index (κ1) is 40.4. The molecule has 0 bridgehead atoms. The van der Waals surface area contributed by atoms with E-state index in [1.54, 1.807) is 0 Å². The largest absolute Gasteiger partial charge is 0.394 e. The maximum absolute atomic E-state index is 9.08. The number of aliphatic hydroxyl groups excluding tert-OH is 3. The van der Waals surface area contributed by atoms with Crippen molar-refractivity contribution in [3.8, 4) is 0 Å². The zero-order valence-corrected chi connectivity index (χ0v) is 24.5. The van der Waals surface area contributed by atoms with Crippen LogP contribution in [0.25, 0.3) is 0 Å². The van der Waals surface area contributed by atoms with Crippen LogP contribution < -0.4 is 0 Å². The third kappa shape index (κ3) is 37.4. The van der Waals surface area contributed by atoms with Crippen molar-refractivity contribution in [1.29, 1.82) is 0 Å². The predicted octanol–water partition coefficient (Wildman–Crippen LogP) is -1.51. The summed E-state index contributed by atoms with van der Waals surface area (Å²) in [5.74, 6) is 0. The average molecular weight is 607 g/mol. The molecule has 0 radical (unpaired) electrons. The molecule has 0 heterocycles. The van der Waals surface area contributed by atoms with Crippen molar-refractivity contribution in [2.45, 2.75) is 6.10 Å². The van der Waals surface area contributed by atoms with Gasteiger partial charge in [0.2, 0.25) is 0 Å². The molecule has 1 atom stereocenters. The van der Waals surface area contributed by atoms with Gasteiger partial charge in [0.25, 0.3) is 0 Å². The second kappa shape index (κ2) is 37.4. The third-order valence-electron chi connectivity index (χ3n) is 4.64. The number of hydrogen-bond acceptors (Lipinski definition) is 15. The first-order valence-corrected chi connectivity index (χ1v) is 14.1. The minimum absolute atomic E-state index is 0.0212. The molecule has 15 nitrogen and oxygen atoms in total. The highest BCUT2D eigenvalue weighted by Gasteiger charge is 2.01. The van der Waals surface area contributed by atoms with Gasteiger partial charge in [-0.1, -0.05) is 0 Å². The molecular formula is C26H54O15. The minimum Gasteiger partial charge on any atom is -0.394 e. The van der Waals surface area contributed by atoms with Crippen LogP contribution in [0.3, 0.4) is 0 Å². The van der Waals surface area contributed by atoms with Crippen LogP contribution in [0.1, 0.15) is 0 Å². The lowest BCUT2D eigenvalue weighted by Crippen LogP contribution is -2.20. The normalized spacial score (nSPS) is 12.4. The molecule has 0 spiro atoms. The van der Waals surface area contributed by atoms with E-state index in [1.807, 2.05) is 0 Å². The van der Waals surface area contributed by atoms with E-state index in [0.29, 0.717) is 139 Å². The Kier molecular flexibility index (Phi) is 36.9. The molecule has 3 N–H and O–H groups in total. The summed E-state index contributed by atoms with van der Waals surface area (Å²) in [5, 5.41) is 26.3. The second-order valence-corrected chi connectivity index (χ2v) is 8.08. The van der Waals surface area contributed by atoms with Crippen molar-refractivity contribution in [3.63, 3.8) is 0 Å². The van der Waals surface area contributed by atoms with Gasteiger partial charge in [-0.3, -0.25) is 0 Å². The lowest BCUT2D eigenvalue weighted by Gasteiger charge is -2.09. The van der Waals surface area contributed by atoms with Crippen LogP contribution in [0.15, 0.2) is 0 Å². The van der Waals surface area contributed by atoms with Crippen LogP contribution in [-0.4, -0.2) is 187 Å². The van der Waals surface area contributed by atoms with Crippen LogP contribution in [0, 0.1) is 0 Å². The van der Waals surface area contributed by atoms with E-state index in [0.717, 1.165) is 0 Å². The summed E-state index contributed by atoms with van der Waals surface area (Å²) in [6, 6.07) is 0. The molecule has 0 aromatic rings. The molecule has 0 saturated heterocycles. The van der Waals surface area contributed by atoms with E-state index in [2.05, 4.69) is 0 Å². The van der Waals surface area contributed by atoms with Crippen LogP contribution in [0.2, 0.25) is 0 Å². The number of hydrogen-bond donors (Lipinski definition) is 3. The maximum atomic E-state index is 9.08. The van der Waals surface area contributed by atoms with Gasteiger partial charge in [0.1, 0.15) is 12.9 Å². The number of aliphatic hydroxyl groups is 3. The fourth-order valence-electron chi connectivity index (χ4n) is 2.62. The average Bonchev–Trinajstić information content (AvgIpc) is 2.99. The molecule has 41 heavy (non-hydrogen) atoms. The molecule has 0 aliphatic heterocycles. The van der Waals surface area contributed by atoms with E-state index in [-0.39, 0.29) is 26.6 Å².